The fraction of sp³-hybridized carbons (Fsp3) is 0.533. The van der Waals surface area contributed by atoms with E-state index in [9.17, 15) is 0 Å². The first-order valence-electron chi connectivity index (χ1n) is 6.66. The van der Waals surface area contributed by atoms with Crippen LogP contribution in [0.4, 0.5) is 0 Å². The number of nitrogens with one attached hydrogen (secondary N) is 1. The monoisotopic (exact) mass is 265 g/mol. The zero-order valence-electron chi connectivity index (χ0n) is 12.0. The Morgan fingerprint density at radius 2 is 1.89 bits per heavy atom. The van der Waals surface area contributed by atoms with E-state index < -0.39 is 0 Å². The zero-order chi connectivity index (χ0) is 14.1. The summed E-state index contributed by atoms with van der Waals surface area (Å²) < 4.78 is 15.9. The third kappa shape index (κ3) is 4.81. The van der Waals surface area contributed by atoms with Crippen LogP contribution in [0.3, 0.4) is 0 Å². The van der Waals surface area contributed by atoms with Crippen LogP contribution < -0.4 is 9.47 Å². The number of methoxy groups -OCH3 is 2. The SMILES string of the molecule is CCCCCCOc1ccc(C(=N)OC)cc1OC. The molecule has 0 heterocycles. The van der Waals surface area contributed by atoms with Crippen molar-refractivity contribution >= 4 is 5.90 Å². The maximum Gasteiger partial charge on any atom is 0.213 e. The van der Waals surface area contributed by atoms with Crippen LogP contribution in [0, 0.1) is 5.41 Å². The summed E-state index contributed by atoms with van der Waals surface area (Å²) in [7, 11) is 3.08. The van der Waals surface area contributed by atoms with Crippen LogP contribution >= 0.6 is 0 Å². The lowest BCUT2D eigenvalue weighted by molar-refractivity contribution is 0.285. The van der Waals surface area contributed by atoms with Gasteiger partial charge < -0.3 is 14.2 Å². The van der Waals surface area contributed by atoms with Crippen molar-refractivity contribution in [2.75, 3.05) is 20.8 Å². The molecular formula is C15H23NO3. The molecule has 0 bridgehead atoms. The molecule has 0 saturated heterocycles. The molecule has 1 rings (SSSR count). The van der Waals surface area contributed by atoms with E-state index in [-0.39, 0.29) is 5.90 Å². The molecule has 19 heavy (non-hydrogen) atoms. The summed E-state index contributed by atoms with van der Waals surface area (Å²) in [5, 5.41) is 7.62. The molecule has 0 aliphatic heterocycles. The average molecular weight is 265 g/mol. The second kappa shape index (κ2) is 8.40. The molecule has 0 amide bonds. The molecule has 0 atom stereocenters. The van der Waals surface area contributed by atoms with Crippen molar-refractivity contribution in [3.05, 3.63) is 23.8 Å². The van der Waals surface area contributed by atoms with Gasteiger partial charge in [-0.2, -0.15) is 0 Å². The second-order valence-electron chi connectivity index (χ2n) is 4.31. The molecule has 0 saturated carbocycles. The van der Waals surface area contributed by atoms with Crippen LogP contribution in [-0.4, -0.2) is 26.7 Å². The minimum absolute atomic E-state index is 0.118. The number of ether oxygens (including phenoxy) is 3. The summed E-state index contributed by atoms with van der Waals surface area (Å²) in [6.45, 7) is 2.88. The first-order valence-corrected chi connectivity index (χ1v) is 6.66. The zero-order valence-corrected chi connectivity index (χ0v) is 12.0. The molecule has 0 aliphatic carbocycles. The average Bonchev–Trinajstić information content (AvgIpc) is 2.46. The highest BCUT2D eigenvalue weighted by atomic mass is 16.5. The van der Waals surface area contributed by atoms with Crippen LogP contribution in [0.15, 0.2) is 18.2 Å². The Bertz CT molecular complexity index is 404. The van der Waals surface area contributed by atoms with Crippen molar-refractivity contribution in [2.45, 2.75) is 32.6 Å². The van der Waals surface area contributed by atoms with Gasteiger partial charge in [-0.1, -0.05) is 26.2 Å². The third-order valence-corrected chi connectivity index (χ3v) is 2.89. The Balaban J connectivity index is 2.60. The van der Waals surface area contributed by atoms with Crippen molar-refractivity contribution < 1.29 is 14.2 Å². The summed E-state index contributed by atoms with van der Waals surface area (Å²) in [5.74, 6) is 1.47. The van der Waals surface area contributed by atoms with E-state index in [0.29, 0.717) is 23.7 Å². The topological polar surface area (TPSA) is 51.5 Å². The smallest absolute Gasteiger partial charge is 0.213 e. The van der Waals surface area contributed by atoms with Gasteiger partial charge in [-0.05, 0) is 24.6 Å². The molecule has 0 spiro atoms. The molecule has 0 radical (unpaired) electrons. The minimum Gasteiger partial charge on any atom is -0.493 e. The number of rotatable bonds is 8. The predicted octanol–water partition coefficient (Wildman–Crippen LogP) is 3.63. The van der Waals surface area contributed by atoms with Crippen LogP contribution in [-0.2, 0) is 4.74 Å². The highest BCUT2D eigenvalue weighted by molar-refractivity contribution is 5.92. The summed E-state index contributed by atoms with van der Waals surface area (Å²) >= 11 is 0. The van der Waals surface area contributed by atoms with Gasteiger partial charge >= 0.3 is 0 Å². The van der Waals surface area contributed by atoms with Crippen LogP contribution in [0.2, 0.25) is 0 Å². The largest absolute Gasteiger partial charge is 0.493 e. The third-order valence-electron chi connectivity index (χ3n) is 2.89. The standard InChI is InChI=1S/C15H23NO3/c1-4-5-6-7-10-19-13-9-8-12(15(16)18-3)11-14(13)17-2/h8-9,11,16H,4-7,10H2,1-3H3. The summed E-state index contributed by atoms with van der Waals surface area (Å²) in [5.41, 5.74) is 0.678. The van der Waals surface area contributed by atoms with E-state index in [2.05, 4.69) is 6.92 Å². The maximum atomic E-state index is 7.62. The first kappa shape index (κ1) is 15.3. The van der Waals surface area contributed by atoms with Gasteiger partial charge in [0.15, 0.2) is 11.5 Å². The van der Waals surface area contributed by atoms with Crippen molar-refractivity contribution in [3.63, 3.8) is 0 Å². The molecule has 0 aliphatic rings. The van der Waals surface area contributed by atoms with Crippen molar-refractivity contribution in [2.24, 2.45) is 0 Å². The van der Waals surface area contributed by atoms with Gasteiger partial charge in [0.2, 0.25) is 5.90 Å². The van der Waals surface area contributed by atoms with Gasteiger partial charge in [0.25, 0.3) is 0 Å². The molecule has 0 unspecified atom stereocenters. The lowest BCUT2D eigenvalue weighted by Gasteiger charge is -2.12. The van der Waals surface area contributed by atoms with Crippen molar-refractivity contribution in [1.29, 1.82) is 5.41 Å². The van der Waals surface area contributed by atoms with E-state index >= 15 is 0 Å². The van der Waals surface area contributed by atoms with E-state index in [1.165, 1.54) is 26.4 Å². The Labute approximate surface area is 115 Å². The summed E-state index contributed by atoms with van der Waals surface area (Å²) in [6, 6.07) is 5.38. The fourth-order valence-electron chi connectivity index (χ4n) is 1.76. The highest BCUT2D eigenvalue weighted by Crippen LogP contribution is 2.28. The fourth-order valence-corrected chi connectivity index (χ4v) is 1.76. The molecule has 1 N–H and O–H groups in total. The van der Waals surface area contributed by atoms with Crippen LogP contribution in [0.25, 0.3) is 0 Å². The quantitative estimate of drug-likeness (QED) is 0.443. The first-order chi connectivity index (χ1) is 9.22. The molecule has 4 heteroatoms. The lowest BCUT2D eigenvalue weighted by atomic mass is 10.2. The normalized spacial score (nSPS) is 10.1. The number of hydrogen-bond donors (Lipinski definition) is 1. The van der Waals surface area contributed by atoms with Gasteiger partial charge in [-0.25, -0.2) is 0 Å². The van der Waals surface area contributed by atoms with E-state index in [4.69, 9.17) is 19.6 Å². The molecule has 0 fully saturated rings. The Morgan fingerprint density at radius 3 is 2.53 bits per heavy atom. The maximum absolute atomic E-state index is 7.62. The second-order valence-corrected chi connectivity index (χ2v) is 4.31. The van der Waals surface area contributed by atoms with E-state index in [1.807, 2.05) is 6.07 Å². The van der Waals surface area contributed by atoms with Crippen LogP contribution in [0.5, 0.6) is 11.5 Å². The number of benzene rings is 1. The minimum atomic E-state index is 0.118. The number of hydrogen-bond acceptors (Lipinski definition) is 4. The van der Waals surface area contributed by atoms with Gasteiger partial charge in [0.05, 0.1) is 20.8 Å². The Morgan fingerprint density at radius 1 is 1.11 bits per heavy atom. The van der Waals surface area contributed by atoms with E-state index in [1.54, 1.807) is 19.2 Å². The van der Waals surface area contributed by atoms with Crippen molar-refractivity contribution in [3.8, 4) is 11.5 Å². The Hall–Kier alpha value is -1.71. The van der Waals surface area contributed by atoms with E-state index in [0.717, 1.165) is 6.42 Å². The molecule has 1 aromatic rings. The van der Waals surface area contributed by atoms with Gasteiger partial charge in [-0.15, -0.1) is 0 Å². The lowest BCUT2D eigenvalue weighted by Crippen LogP contribution is -2.04. The summed E-state index contributed by atoms with van der Waals surface area (Å²) in [4.78, 5) is 0. The molecule has 106 valence electrons. The van der Waals surface area contributed by atoms with Crippen molar-refractivity contribution in [1.82, 2.24) is 0 Å². The van der Waals surface area contributed by atoms with Crippen LogP contribution in [0.1, 0.15) is 38.2 Å². The highest BCUT2D eigenvalue weighted by Gasteiger charge is 2.08. The van der Waals surface area contributed by atoms with Gasteiger partial charge in [0.1, 0.15) is 0 Å². The molecule has 4 nitrogen and oxygen atoms in total. The van der Waals surface area contributed by atoms with Gasteiger partial charge in [0, 0.05) is 5.56 Å². The molecular weight excluding hydrogens is 242 g/mol. The predicted molar refractivity (Wildman–Crippen MR) is 76.5 cm³/mol. The molecule has 1 aromatic carbocycles. The summed E-state index contributed by atoms with van der Waals surface area (Å²) in [6.07, 6.45) is 4.69. The van der Waals surface area contributed by atoms with Gasteiger partial charge in [-0.3, -0.25) is 5.41 Å². The number of unbranched alkanes of at least 4 members (excludes halogenated alkanes) is 3. The molecule has 0 aromatic heterocycles. The Kier molecular flexibility index (Phi) is 6.79.